The van der Waals surface area contributed by atoms with Gasteiger partial charge in [-0.25, -0.2) is 4.79 Å². The van der Waals surface area contributed by atoms with E-state index in [0.29, 0.717) is 6.54 Å². The van der Waals surface area contributed by atoms with Crippen molar-refractivity contribution in [2.24, 2.45) is 0 Å². The molecule has 2 aromatic carbocycles. The highest BCUT2D eigenvalue weighted by atomic mass is 79.9. The summed E-state index contributed by atoms with van der Waals surface area (Å²) in [5.41, 5.74) is 2.65. The Morgan fingerprint density at radius 2 is 2.09 bits per heavy atom. The minimum absolute atomic E-state index is 0.0415. The molecule has 1 N–H and O–H groups in total. The summed E-state index contributed by atoms with van der Waals surface area (Å²) in [5.74, 6) is 0.742. The predicted octanol–water partition coefficient (Wildman–Crippen LogP) is 4.58. The van der Waals surface area contributed by atoms with E-state index in [1.807, 2.05) is 56.3 Å². The van der Waals surface area contributed by atoms with Gasteiger partial charge in [-0.05, 0) is 59.6 Å². The maximum atomic E-state index is 12.7. The molecule has 4 nitrogen and oxygen atoms in total. The molecule has 2 aromatic rings. The van der Waals surface area contributed by atoms with Gasteiger partial charge in [-0.2, -0.15) is 0 Å². The van der Waals surface area contributed by atoms with Crippen LogP contribution in [0.4, 0.5) is 16.2 Å². The summed E-state index contributed by atoms with van der Waals surface area (Å²) in [4.78, 5) is 14.4. The minimum atomic E-state index is -0.158. The van der Waals surface area contributed by atoms with Gasteiger partial charge in [0.25, 0.3) is 0 Å². The van der Waals surface area contributed by atoms with E-state index in [4.69, 9.17) is 4.74 Å². The zero-order valence-electron chi connectivity index (χ0n) is 12.5. The molecule has 22 heavy (non-hydrogen) atoms. The largest absolute Gasteiger partial charge is 0.487 e. The Bertz CT molecular complexity index is 718. The summed E-state index contributed by atoms with van der Waals surface area (Å²) in [6.07, 6.45) is -0.0415. The van der Waals surface area contributed by atoms with Crippen molar-refractivity contribution in [1.29, 1.82) is 0 Å². The highest BCUT2D eigenvalue weighted by Gasteiger charge is 2.28. The molecule has 1 aliphatic rings. The third-order valence-corrected chi connectivity index (χ3v) is 4.23. The molecule has 5 heteroatoms. The highest BCUT2D eigenvalue weighted by molar-refractivity contribution is 9.10. The number of para-hydroxylation sites is 1. The lowest BCUT2D eigenvalue weighted by Gasteiger charge is -2.33. The molecule has 1 unspecified atom stereocenters. The van der Waals surface area contributed by atoms with E-state index in [1.54, 1.807) is 4.90 Å². The molecule has 1 heterocycles. The van der Waals surface area contributed by atoms with Gasteiger partial charge in [0, 0.05) is 4.47 Å². The molecule has 3 rings (SSSR count). The fourth-order valence-electron chi connectivity index (χ4n) is 2.49. The third kappa shape index (κ3) is 2.95. The van der Waals surface area contributed by atoms with Crippen LogP contribution < -0.4 is 15.0 Å². The van der Waals surface area contributed by atoms with Crippen molar-refractivity contribution in [2.45, 2.75) is 20.0 Å². The Balaban J connectivity index is 1.90. The van der Waals surface area contributed by atoms with E-state index in [1.165, 1.54) is 0 Å². The first-order valence-electron chi connectivity index (χ1n) is 7.15. The lowest BCUT2D eigenvalue weighted by molar-refractivity contribution is 0.208. The number of halogens is 1. The predicted molar refractivity (Wildman–Crippen MR) is 91.8 cm³/mol. The Morgan fingerprint density at radius 3 is 2.86 bits per heavy atom. The lowest BCUT2D eigenvalue weighted by Crippen LogP contribution is -2.44. The summed E-state index contributed by atoms with van der Waals surface area (Å²) in [6.45, 7) is 4.48. The van der Waals surface area contributed by atoms with E-state index in [-0.39, 0.29) is 12.1 Å². The van der Waals surface area contributed by atoms with E-state index < -0.39 is 0 Å². The molecule has 0 spiro atoms. The molecule has 0 saturated carbocycles. The summed E-state index contributed by atoms with van der Waals surface area (Å²) in [6, 6.07) is 13.3. The van der Waals surface area contributed by atoms with Crippen molar-refractivity contribution in [3.8, 4) is 5.75 Å². The molecular formula is C17H17BrN2O2. The standard InChI is InChI=1S/C17H17BrN2O2/c1-11-7-8-16-15(9-11)20(10-12(2)22-16)17(21)19-14-6-4-3-5-13(14)18/h3-9,12H,10H2,1-2H3,(H,19,21). The van der Waals surface area contributed by atoms with Crippen molar-refractivity contribution in [3.63, 3.8) is 0 Å². The van der Waals surface area contributed by atoms with Crippen molar-refractivity contribution >= 4 is 33.3 Å². The summed E-state index contributed by atoms with van der Waals surface area (Å²) >= 11 is 3.45. The lowest BCUT2D eigenvalue weighted by atomic mass is 10.1. The van der Waals surface area contributed by atoms with Crippen LogP contribution in [-0.2, 0) is 0 Å². The molecular weight excluding hydrogens is 344 g/mol. The van der Waals surface area contributed by atoms with Crippen molar-refractivity contribution in [2.75, 3.05) is 16.8 Å². The van der Waals surface area contributed by atoms with Crippen LogP contribution in [0.5, 0.6) is 5.75 Å². The molecule has 0 radical (unpaired) electrons. The summed E-state index contributed by atoms with van der Waals surface area (Å²) in [7, 11) is 0. The fraction of sp³-hybridized carbons (Fsp3) is 0.235. The maximum absolute atomic E-state index is 12.7. The van der Waals surface area contributed by atoms with Crippen LogP contribution in [0.25, 0.3) is 0 Å². The number of anilines is 2. The number of carbonyl (C=O) groups is 1. The molecule has 1 aliphatic heterocycles. The Labute approximate surface area is 138 Å². The van der Waals surface area contributed by atoms with Gasteiger partial charge in [-0.3, -0.25) is 4.90 Å². The monoisotopic (exact) mass is 360 g/mol. The van der Waals surface area contributed by atoms with Gasteiger partial charge < -0.3 is 10.1 Å². The topological polar surface area (TPSA) is 41.6 Å². The molecule has 0 aromatic heterocycles. The Hall–Kier alpha value is -2.01. The maximum Gasteiger partial charge on any atom is 0.326 e. The van der Waals surface area contributed by atoms with Crippen molar-refractivity contribution in [3.05, 3.63) is 52.5 Å². The number of ether oxygens (including phenoxy) is 1. The van der Waals surface area contributed by atoms with Crippen LogP contribution in [0.15, 0.2) is 46.9 Å². The molecule has 0 saturated heterocycles. The summed E-state index contributed by atoms with van der Waals surface area (Å²) < 4.78 is 6.67. The van der Waals surface area contributed by atoms with Crippen molar-refractivity contribution in [1.82, 2.24) is 0 Å². The number of carbonyl (C=O) groups excluding carboxylic acids is 1. The van der Waals surface area contributed by atoms with Crippen LogP contribution >= 0.6 is 15.9 Å². The Morgan fingerprint density at radius 1 is 1.32 bits per heavy atom. The average Bonchev–Trinajstić information content (AvgIpc) is 2.49. The van der Waals surface area contributed by atoms with Crippen molar-refractivity contribution < 1.29 is 9.53 Å². The number of nitrogens with one attached hydrogen (secondary N) is 1. The van der Waals surface area contributed by atoms with Crippen LogP contribution in [0, 0.1) is 6.92 Å². The molecule has 2 amide bonds. The van der Waals surface area contributed by atoms with Gasteiger partial charge in [0.05, 0.1) is 17.9 Å². The van der Waals surface area contributed by atoms with E-state index in [0.717, 1.165) is 27.2 Å². The second-order valence-corrected chi connectivity index (χ2v) is 6.27. The number of hydrogen-bond acceptors (Lipinski definition) is 2. The van der Waals surface area contributed by atoms with Crippen LogP contribution in [0.3, 0.4) is 0 Å². The molecule has 0 bridgehead atoms. The van der Waals surface area contributed by atoms with Gasteiger partial charge >= 0.3 is 6.03 Å². The van der Waals surface area contributed by atoms with Crippen LogP contribution in [0.2, 0.25) is 0 Å². The first-order chi connectivity index (χ1) is 10.5. The summed E-state index contributed by atoms with van der Waals surface area (Å²) in [5, 5.41) is 2.95. The fourth-order valence-corrected chi connectivity index (χ4v) is 2.87. The van der Waals surface area contributed by atoms with Gasteiger partial charge in [0.1, 0.15) is 11.9 Å². The minimum Gasteiger partial charge on any atom is -0.487 e. The first kappa shape index (κ1) is 14.9. The van der Waals surface area contributed by atoms with Gasteiger partial charge in [-0.1, -0.05) is 18.2 Å². The number of aryl methyl sites for hydroxylation is 1. The SMILES string of the molecule is Cc1ccc2c(c1)N(C(=O)Nc1ccccc1Br)CC(C)O2. The Kier molecular flexibility index (Phi) is 4.07. The normalized spacial score (nSPS) is 16.7. The average molecular weight is 361 g/mol. The zero-order valence-corrected chi connectivity index (χ0v) is 14.1. The number of urea groups is 1. The second-order valence-electron chi connectivity index (χ2n) is 5.42. The highest BCUT2D eigenvalue weighted by Crippen LogP contribution is 2.35. The number of hydrogen-bond donors (Lipinski definition) is 1. The van der Waals surface area contributed by atoms with Gasteiger partial charge in [-0.15, -0.1) is 0 Å². The quantitative estimate of drug-likeness (QED) is 0.808. The molecule has 114 valence electrons. The number of fused-ring (bicyclic) bond motifs is 1. The van der Waals surface area contributed by atoms with E-state index in [9.17, 15) is 4.79 Å². The van der Waals surface area contributed by atoms with E-state index in [2.05, 4.69) is 21.2 Å². The van der Waals surface area contributed by atoms with Gasteiger partial charge in [0.2, 0.25) is 0 Å². The number of rotatable bonds is 1. The third-order valence-electron chi connectivity index (χ3n) is 3.53. The van der Waals surface area contributed by atoms with E-state index >= 15 is 0 Å². The molecule has 0 aliphatic carbocycles. The second kappa shape index (κ2) is 6.01. The van der Waals surface area contributed by atoms with Gasteiger partial charge in [0.15, 0.2) is 0 Å². The van der Waals surface area contributed by atoms with Crippen LogP contribution in [-0.4, -0.2) is 18.7 Å². The zero-order chi connectivity index (χ0) is 15.7. The van der Waals surface area contributed by atoms with Crippen LogP contribution in [0.1, 0.15) is 12.5 Å². The number of amides is 2. The molecule has 0 fully saturated rings. The first-order valence-corrected chi connectivity index (χ1v) is 7.94. The number of nitrogens with zero attached hydrogens (tertiary/aromatic N) is 1. The smallest absolute Gasteiger partial charge is 0.326 e. The number of benzene rings is 2. The molecule has 1 atom stereocenters.